The van der Waals surface area contributed by atoms with E-state index in [1.165, 1.54) is 16.7 Å². The van der Waals surface area contributed by atoms with Crippen molar-refractivity contribution in [1.29, 1.82) is 0 Å². The van der Waals surface area contributed by atoms with Gasteiger partial charge in [0.15, 0.2) is 5.78 Å². The summed E-state index contributed by atoms with van der Waals surface area (Å²) in [6.45, 7) is 4.53. The Hall–Kier alpha value is -1.60. The Labute approximate surface area is 129 Å². The van der Waals surface area contributed by atoms with Gasteiger partial charge in [-0.1, -0.05) is 55.8 Å². The number of carbonyl (C=O) groups excluding carboxylic acids is 1. The van der Waals surface area contributed by atoms with E-state index in [1.54, 1.807) is 0 Å². The SMILES string of the molecule is CC1(C)C[C@@]2(CC(=O)c3ccccc32)c2cc(Cl)ccc21. The van der Waals surface area contributed by atoms with E-state index in [4.69, 9.17) is 11.6 Å². The van der Waals surface area contributed by atoms with Gasteiger partial charge in [0.1, 0.15) is 0 Å². The zero-order chi connectivity index (χ0) is 14.8. The first-order valence-electron chi connectivity index (χ1n) is 7.37. The maximum Gasteiger partial charge on any atom is 0.164 e. The van der Waals surface area contributed by atoms with Crippen molar-refractivity contribution in [3.05, 3.63) is 69.7 Å². The lowest BCUT2D eigenvalue weighted by atomic mass is 9.74. The quantitative estimate of drug-likeness (QED) is 0.676. The first-order valence-corrected chi connectivity index (χ1v) is 7.75. The fourth-order valence-corrected chi connectivity index (χ4v) is 4.63. The highest BCUT2D eigenvalue weighted by molar-refractivity contribution is 6.30. The zero-order valence-electron chi connectivity index (χ0n) is 12.2. The molecule has 2 aliphatic carbocycles. The van der Waals surface area contributed by atoms with Gasteiger partial charge in [0.2, 0.25) is 0 Å². The zero-order valence-corrected chi connectivity index (χ0v) is 13.0. The number of halogens is 1. The minimum absolute atomic E-state index is 0.0671. The number of hydrogen-bond acceptors (Lipinski definition) is 1. The maximum absolute atomic E-state index is 12.5. The number of fused-ring (bicyclic) bond motifs is 4. The largest absolute Gasteiger partial charge is 0.294 e. The summed E-state index contributed by atoms with van der Waals surface area (Å²) in [5.41, 5.74) is 4.54. The Balaban J connectivity index is 2.05. The van der Waals surface area contributed by atoms with Gasteiger partial charge in [0, 0.05) is 22.4 Å². The van der Waals surface area contributed by atoms with Crippen LogP contribution in [0.2, 0.25) is 5.02 Å². The molecule has 0 saturated carbocycles. The van der Waals surface area contributed by atoms with Crippen LogP contribution in [-0.4, -0.2) is 5.78 Å². The molecule has 0 N–H and O–H groups in total. The molecule has 2 heteroatoms. The highest BCUT2D eigenvalue weighted by Crippen LogP contribution is 2.58. The van der Waals surface area contributed by atoms with Gasteiger partial charge in [-0.15, -0.1) is 0 Å². The van der Waals surface area contributed by atoms with Crippen LogP contribution in [0.5, 0.6) is 0 Å². The molecule has 1 spiro atoms. The number of benzene rings is 2. The third-order valence-corrected chi connectivity index (χ3v) is 5.41. The molecule has 0 aromatic heterocycles. The molecule has 106 valence electrons. The van der Waals surface area contributed by atoms with E-state index in [1.807, 2.05) is 24.3 Å². The van der Waals surface area contributed by atoms with Crippen LogP contribution >= 0.6 is 11.6 Å². The summed E-state index contributed by atoms with van der Waals surface area (Å²) < 4.78 is 0. The summed E-state index contributed by atoms with van der Waals surface area (Å²) in [7, 11) is 0. The summed E-state index contributed by atoms with van der Waals surface area (Å²) in [5.74, 6) is 0.259. The number of carbonyl (C=O) groups is 1. The van der Waals surface area contributed by atoms with E-state index in [0.717, 1.165) is 17.0 Å². The van der Waals surface area contributed by atoms with Gasteiger partial charge in [-0.25, -0.2) is 0 Å². The monoisotopic (exact) mass is 296 g/mol. The van der Waals surface area contributed by atoms with Crippen molar-refractivity contribution >= 4 is 17.4 Å². The van der Waals surface area contributed by atoms with Crippen molar-refractivity contribution in [1.82, 2.24) is 0 Å². The molecular formula is C19H17ClO. The van der Waals surface area contributed by atoms with Crippen LogP contribution in [-0.2, 0) is 10.8 Å². The molecule has 1 atom stereocenters. The maximum atomic E-state index is 12.5. The van der Waals surface area contributed by atoms with Crippen LogP contribution in [0.1, 0.15) is 53.7 Å². The van der Waals surface area contributed by atoms with Gasteiger partial charge in [0.25, 0.3) is 0 Å². The Morgan fingerprint density at radius 2 is 1.76 bits per heavy atom. The van der Waals surface area contributed by atoms with Crippen molar-refractivity contribution in [2.24, 2.45) is 0 Å². The number of hydrogen-bond donors (Lipinski definition) is 0. The summed E-state index contributed by atoms with van der Waals surface area (Å²) in [6.07, 6.45) is 1.54. The lowest BCUT2D eigenvalue weighted by Crippen LogP contribution is -2.24. The van der Waals surface area contributed by atoms with Gasteiger partial charge in [0.05, 0.1) is 0 Å². The molecule has 4 rings (SSSR count). The molecule has 0 radical (unpaired) electrons. The van der Waals surface area contributed by atoms with Gasteiger partial charge < -0.3 is 0 Å². The molecule has 0 unspecified atom stereocenters. The standard InChI is InChI=1S/C19H17ClO/c1-18(2)11-19(16-9-12(20)7-8-15(16)18)10-17(21)13-5-3-4-6-14(13)19/h3-9H,10-11H2,1-2H3/t19-/m1/s1. The molecule has 0 aliphatic heterocycles. The number of rotatable bonds is 0. The third kappa shape index (κ3) is 1.61. The van der Waals surface area contributed by atoms with Gasteiger partial charge in [-0.2, -0.15) is 0 Å². The normalized spacial score (nSPS) is 25.2. The highest BCUT2D eigenvalue weighted by Gasteiger charge is 2.53. The van der Waals surface area contributed by atoms with E-state index in [-0.39, 0.29) is 16.6 Å². The van der Waals surface area contributed by atoms with Crippen LogP contribution in [0, 0.1) is 0 Å². The van der Waals surface area contributed by atoms with E-state index in [0.29, 0.717) is 6.42 Å². The third-order valence-electron chi connectivity index (χ3n) is 5.18. The Bertz CT molecular complexity index is 775. The second-order valence-electron chi connectivity index (χ2n) is 6.98. The molecule has 0 bridgehead atoms. The Kier molecular flexibility index (Phi) is 2.48. The molecule has 2 aromatic rings. The lowest BCUT2D eigenvalue weighted by molar-refractivity contribution is 0.0978. The molecule has 1 nitrogen and oxygen atoms in total. The second-order valence-corrected chi connectivity index (χ2v) is 7.41. The first-order chi connectivity index (χ1) is 9.94. The predicted octanol–water partition coefficient (Wildman–Crippen LogP) is 4.89. The number of ketones is 1. The van der Waals surface area contributed by atoms with E-state index in [9.17, 15) is 4.79 Å². The van der Waals surface area contributed by atoms with Crippen LogP contribution in [0.25, 0.3) is 0 Å². The Morgan fingerprint density at radius 1 is 1.00 bits per heavy atom. The van der Waals surface area contributed by atoms with Gasteiger partial charge in [-0.3, -0.25) is 4.79 Å². The van der Waals surface area contributed by atoms with E-state index >= 15 is 0 Å². The second kappa shape index (κ2) is 3.98. The first kappa shape index (κ1) is 13.1. The molecule has 0 fully saturated rings. The summed E-state index contributed by atoms with van der Waals surface area (Å²) in [5, 5.41) is 0.752. The molecule has 0 saturated heterocycles. The number of Topliss-reactive ketones (excluding diaryl/α,β-unsaturated/α-hetero) is 1. The van der Waals surface area contributed by atoms with Crippen molar-refractivity contribution < 1.29 is 4.79 Å². The molecule has 0 heterocycles. The van der Waals surface area contributed by atoms with Crippen LogP contribution in [0.4, 0.5) is 0 Å². The molecule has 2 aliphatic rings. The molecule has 0 amide bonds. The van der Waals surface area contributed by atoms with Gasteiger partial charge >= 0.3 is 0 Å². The fourth-order valence-electron chi connectivity index (χ4n) is 4.45. The van der Waals surface area contributed by atoms with E-state index < -0.39 is 0 Å². The lowest BCUT2D eigenvalue weighted by Gasteiger charge is -2.27. The summed E-state index contributed by atoms with van der Waals surface area (Å²) >= 11 is 6.26. The minimum Gasteiger partial charge on any atom is -0.294 e. The van der Waals surface area contributed by atoms with Crippen molar-refractivity contribution in [2.45, 2.75) is 37.5 Å². The van der Waals surface area contributed by atoms with Crippen LogP contribution < -0.4 is 0 Å². The van der Waals surface area contributed by atoms with Gasteiger partial charge in [-0.05, 0) is 40.7 Å². The average molecular weight is 297 g/mol. The van der Waals surface area contributed by atoms with Crippen LogP contribution in [0.15, 0.2) is 42.5 Å². The highest BCUT2D eigenvalue weighted by atomic mass is 35.5. The average Bonchev–Trinajstić information content (AvgIpc) is 2.84. The Morgan fingerprint density at radius 3 is 2.57 bits per heavy atom. The molecule has 2 aromatic carbocycles. The minimum atomic E-state index is -0.183. The summed E-state index contributed by atoms with van der Waals surface area (Å²) in [6, 6.07) is 14.2. The molecular weight excluding hydrogens is 280 g/mol. The van der Waals surface area contributed by atoms with E-state index in [2.05, 4.69) is 32.0 Å². The smallest absolute Gasteiger partial charge is 0.164 e. The van der Waals surface area contributed by atoms with Crippen LogP contribution in [0.3, 0.4) is 0 Å². The molecule has 21 heavy (non-hydrogen) atoms. The fraction of sp³-hybridized carbons (Fsp3) is 0.316. The van der Waals surface area contributed by atoms with Crippen molar-refractivity contribution in [3.63, 3.8) is 0 Å². The predicted molar refractivity (Wildman–Crippen MR) is 85.3 cm³/mol. The van der Waals surface area contributed by atoms with Crippen molar-refractivity contribution in [2.75, 3.05) is 0 Å². The topological polar surface area (TPSA) is 17.1 Å². The summed E-state index contributed by atoms with van der Waals surface area (Å²) in [4.78, 5) is 12.5. The van der Waals surface area contributed by atoms with Crippen molar-refractivity contribution in [3.8, 4) is 0 Å².